The van der Waals surface area contributed by atoms with Crippen molar-refractivity contribution in [1.29, 1.82) is 0 Å². The minimum absolute atomic E-state index is 0.0687. The van der Waals surface area contributed by atoms with Gasteiger partial charge in [-0.1, -0.05) is 42.1 Å². The van der Waals surface area contributed by atoms with Crippen molar-refractivity contribution in [3.63, 3.8) is 0 Å². The van der Waals surface area contributed by atoms with Crippen molar-refractivity contribution in [1.82, 2.24) is 9.97 Å². The number of nitrogens with zero attached hydrogens (tertiary/aromatic N) is 3. The highest BCUT2D eigenvalue weighted by molar-refractivity contribution is 7.99. The van der Waals surface area contributed by atoms with Gasteiger partial charge in [0.2, 0.25) is 5.91 Å². The smallest absolute Gasteiger partial charge is 0.229 e. The average molecular weight is 405 g/mol. The summed E-state index contributed by atoms with van der Waals surface area (Å²) in [4.78, 5) is 25.3. The van der Waals surface area contributed by atoms with E-state index in [1.54, 1.807) is 24.2 Å². The van der Waals surface area contributed by atoms with Crippen molar-refractivity contribution in [3.8, 4) is 0 Å². The first kappa shape index (κ1) is 19.5. The van der Waals surface area contributed by atoms with Crippen LogP contribution in [0.25, 0.3) is 0 Å². The number of carbonyl (C=O) groups is 1. The Morgan fingerprint density at radius 2 is 1.93 bits per heavy atom. The van der Waals surface area contributed by atoms with E-state index in [0.29, 0.717) is 6.54 Å². The Morgan fingerprint density at radius 3 is 2.76 bits per heavy atom. The quantitative estimate of drug-likeness (QED) is 0.662. The molecular weight excluding hydrogens is 380 g/mol. The van der Waals surface area contributed by atoms with E-state index in [2.05, 4.69) is 32.3 Å². The number of hydrogen-bond acceptors (Lipinski definition) is 5. The molecule has 0 spiro atoms. The van der Waals surface area contributed by atoms with E-state index in [1.807, 2.05) is 49.4 Å². The van der Waals surface area contributed by atoms with Gasteiger partial charge in [0, 0.05) is 36.1 Å². The summed E-state index contributed by atoms with van der Waals surface area (Å²) in [6.07, 6.45) is 5.29. The molecule has 3 aromatic rings. The highest BCUT2D eigenvalue weighted by Crippen LogP contribution is 2.34. The fourth-order valence-corrected chi connectivity index (χ4v) is 4.46. The lowest BCUT2D eigenvalue weighted by Crippen LogP contribution is -2.41. The standard InChI is InChI=1S/C23H24N4OS/c1-17-7-5-9-19(15-17)26-22(28)18-8-6-14-27(16-18)21-23(25-13-12-24-21)29-20-10-3-2-4-11-20/h2-5,7,9-13,15,18H,6,8,14,16H2,1H3,(H,26,28). The Kier molecular flexibility index (Phi) is 6.10. The molecule has 1 atom stereocenters. The summed E-state index contributed by atoms with van der Waals surface area (Å²) in [5.41, 5.74) is 1.99. The van der Waals surface area contributed by atoms with E-state index < -0.39 is 0 Å². The van der Waals surface area contributed by atoms with Gasteiger partial charge in [0.1, 0.15) is 5.03 Å². The molecule has 1 unspecified atom stereocenters. The minimum Gasteiger partial charge on any atom is -0.354 e. The van der Waals surface area contributed by atoms with Crippen molar-refractivity contribution < 1.29 is 4.79 Å². The van der Waals surface area contributed by atoms with Crippen LogP contribution in [0.5, 0.6) is 0 Å². The van der Waals surface area contributed by atoms with Gasteiger partial charge in [-0.3, -0.25) is 4.79 Å². The van der Waals surface area contributed by atoms with Crippen molar-refractivity contribution in [2.24, 2.45) is 5.92 Å². The van der Waals surface area contributed by atoms with Gasteiger partial charge < -0.3 is 10.2 Å². The van der Waals surface area contributed by atoms with E-state index in [1.165, 1.54) is 0 Å². The molecule has 1 aromatic heterocycles. The lowest BCUT2D eigenvalue weighted by molar-refractivity contribution is -0.120. The number of aryl methyl sites for hydroxylation is 1. The molecule has 1 N–H and O–H groups in total. The summed E-state index contributed by atoms with van der Waals surface area (Å²) in [6, 6.07) is 18.1. The molecule has 6 heteroatoms. The molecule has 0 aliphatic carbocycles. The summed E-state index contributed by atoms with van der Waals surface area (Å²) in [7, 11) is 0. The zero-order valence-corrected chi connectivity index (χ0v) is 17.2. The number of anilines is 2. The van der Waals surface area contributed by atoms with Crippen LogP contribution in [0.4, 0.5) is 11.5 Å². The predicted octanol–water partition coefficient (Wildman–Crippen LogP) is 4.79. The Hall–Kier alpha value is -2.86. The zero-order valence-electron chi connectivity index (χ0n) is 16.4. The summed E-state index contributed by atoms with van der Waals surface area (Å²) in [6.45, 7) is 3.56. The van der Waals surface area contributed by atoms with Crippen LogP contribution in [0.2, 0.25) is 0 Å². The van der Waals surface area contributed by atoms with Crippen LogP contribution in [0, 0.1) is 12.8 Å². The number of rotatable bonds is 5. The maximum Gasteiger partial charge on any atom is 0.229 e. The number of aromatic nitrogens is 2. The highest BCUT2D eigenvalue weighted by atomic mass is 32.2. The lowest BCUT2D eigenvalue weighted by atomic mass is 9.97. The third-order valence-electron chi connectivity index (χ3n) is 4.98. The Balaban J connectivity index is 1.48. The molecule has 148 valence electrons. The average Bonchev–Trinajstić information content (AvgIpc) is 2.75. The molecule has 0 saturated carbocycles. The Bertz CT molecular complexity index is 979. The topological polar surface area (TPSA) is 58.1 Å². The SMILES string of the molecule is Cc1cccc(NC(=O)C2CCCN(c3nccnc3Sc3ccccc3)C2)c1. The molecule has 5 nitrogen and oxygen atoms in total. The maximum absolute atomic E-state index is 12.9. The fraction of sp³-hybridized carbons (Fsp3) is 0.261. The second-order valence-electron chi connectivity index (χ2n) is 7.24. The number of nitrogens with one attached hydrogen (secondary N) is 1. The molecular formula is C23H24N4OS. The van der Waals surface area contributed by atoms with Crippen molar-refractivity contribution in [2.75, 3.05) is 23.3 Å². The van der Waals surface area contributed by atoms with Gasteiger partial charge >= 0.3 is 0 Å². The maximum atomic E-state index is 12.9. The van der Waals surface area contributed by atoms with Crippen LogP contribution < -0.4 is 10.2 Å². The van der Waals surface area contributed by atoms with Gasteiger partial charge in [0.05, 0.1) is 5.92 Å². The van der Waals surface area contributed by atoms with Crippen LogP contribution in [0.3, 0.4) is 0 Å². The molecule has 2 heterocycles. The van der Waals surface area contributed by atoms with Gasteiger partial charge in [-0.05, 0) is 49.6 Å². The summed E-state index contributed by atoms with van der Waals surface area (Å²) >= 11 is 1.61. The first-order valence-corrected chi connectivity index (χ1v) is 10.7. The second-order valence-corrected chi connectivity index (χ2v) is 8.31. The van der Waals surface area contributed by atoms with Gasteiger partial charge in [0.25, 0.3) is 0 Å². The van der Waals surface area contributed by atoms with Crippen LogP contribution in [-0.2, 0) is 4.79 Å². The molecule has 1 aliphatic heterocycles. The summed E-state index contributed by atoms with van der Waals surface area (Å²) in [5.74, 6) is 0.858. The van der Waals surface area contributed by atoms with Crippen LogP contribution >= 0.6 is 11.8 Å². The van der Waals surface area contributed by atoms with E-state index in [-0.39, 0.29) is 11.8 Å². The molecule has 1 saturated heterocycles. The number of amides is 1. The van der Waals surface area contributed by atoms with Crippen molar-refractivity contribution in [2.45, 2.75) is 29.7 Å². The normalized spacial score (nSPS) is 16.4. The monoisotopic (exact) mass is 404 g/mol. The van der Waals surface area contributed by atoms with Crippen molar-refractivity contribution in [3.05, 3.63) is 72.6 Å². The lowest BCUT2D eigenvalue weighted by Gasteiger charge is -2.33. The van der Waals surface area contributed by atoms with E-state index in [9.17, 15) is 4.79 Å². The highest BCUT2D eigenvalue weighted by Gasteiger charge is 2.28. The number of piperidine rings is 1. The molecule has 29 heavy (non-hydrogen) atoms. The van der Waals surface area contributed by atoms with Crippen LogP contribution in [-0.4, -0.2) is 29.0 Å². The first-order chi connectivity index (χ1) is 14.2. The summed E-state index contributed by atoms with van der Waals surface area (Å²) < 4.78 is 0. The molecule has 1 aliphatic rings. The number of hydrogen-bond donors (Lipinski definition) is 1. The van der Waals surface area contributed by atoms with Gasteiger partial charge in [0.15, 0.2) is 5.82 Å². The number of carbonyl (C=O) groups excluding carboxylic acids is 1. The van der Waals surface area contributed by atoms with Gasteiger partial charge in [-0.15, -0.1) is 0 Å². The second kappa shape index (κ2) is 9.09. The Morgan fingerprint density at radius 1 is 1.10 bits per heavy atom. The fourth-order valence-electron chi connectivity index (χ4n) is 3.56. The van der Waals surface area contributed by atoms with E-state index in [0.717, 1.165) is 46.4 Å². The molecule has 1 fully saturated rings. The summed E-state index contributed by atoms with van der Waals surface area (Å²) in [5, 5.41) is 3.95. The van der Waals surface area contributed by atoms with Crippen LogP contribution in [0.1, 0.15) is 18.4 Å². The molecule has 0 radical (unpaired) electrons. The zero-order chi connectivity index (χ0) is 20.1. The molecule has 4 rings (SSSR count). The van der Waals surface area contributed by atoms with Crippen molar-refractivity contribution >= 4 is 29.2 Å². The minimum atomic E-state index is -0.0687. The molecule has 2 aromatic carbocycles. The Labute approximate surface area is 175 Å². The first-order valence-electron chi connectivity index (χ1n) is 9.85. The third kappa shape index (κ3) is 4.95. The molecule has 1 amide bonds. The molecule has 0 bridgehead atoms. The number of benzene rings is 2. The van der Waals surface area contributed by atoms with Gasteiger partial charge in [-0.2, -0.15) is 0 Å². The largest absolute Gasteiger partial charge is 0.354 e. The third-order valence-corrected chi connectivity index (χ3v) is 5.97. The van der Waals surface area contributed by atoms with E-state index >= 15 is 0 Å². The van der Waals surface area contributed by atoms with Gasteiger partial charge in [-0.25, -0.2) is 9.97 Å². The predicted molar refractivity (Wildman–Crippen MR) is 117 cm³/mol. The van der Waals surface area contributed by atoms with Crippen LogP contribution in [0.15, 0.2) is 76.9 Å². The van der Waals surface area contributed by atoms with E-state index in [4.69, 9.17) is 0 Å².